The van der Waals surface area contributed by atoms with Crippen molar-refractivity contribution < 1.29 is 14.3 Å². The third kappa shape index (κ3) is 5.43. The average Bonchev–Trinajstić information content (AvgIpc) is 3.17. The molecule has 0 bridgehead atoms. The Morgan fingerprint density at radius 2 is 2.15 bits per heavy atom. The van der Waals surface area contributed by atoms with Crippen molar-refractivity contribution in [3.8, 4) is 0 Å². The minimum Gasteiger partial charge on any atom is -0.383 e. The SMILES string of the molecule is COCCNCCNC(=O)C1CCCN(C(=O)N2CCc3sccc3C2)C1. The summed E-state index contributed by atoms with van der Waals surface area (Å²) in [5.41, 5.74) is 1.27. The number of carbonyl (C=O) groups excluding carboxylic acids is 2. The van der Waals surface area contributed by atoms with Gasteiger partial charge in [-0.1, -0.05) is 0 Å². The van der Waals surface area contributed by atoms with Crippen LogP contribution in [0, 0.1) is 5.92 Å². The highest BCUT2D eigenvalue weighted by Gasteiger charge is 2.31. The minimum absolute atomic E-state index is 0.0554. The summed E-state index contributed by atoms with van der Waals surface area (Å²) >= 11 is 1.78. The molecule has 1 fully saturated rings. The zero-order valence-corrected chi connectivity index (χ0v) is 16.9. The van der Waals surface area contributed by atoms with E-state index in [1.807, 2.05) is 9.80 Å². The summed E-state index contributed by atoms with van der Waals surface area (Å²) in [4.78, 5) is 30.5. The van der Waals surface area contributed by atoms with Crippen LogP contribution >= 0.6 is 11.3 Å². The maximum absolute atomic E-state index is 12.9. The Hall–Kier alpha value is -1.64. The van der Waals surface area contributed by atoms with Gasteiger partial charge in [0.05, 0.1) is 12.5 Å². The van der Waals surface area contributed by atoms with Gasteiger partial charge < -0.3 is 25.2 Å². The van der Waals surface area contributed by atoms with Crippen LogP contribution in [0.5, 0.6) is 0 Å². The molecule has 1 atom stereocenters. The molecule has 2 aliphatic heterocycles. The molecule has 0 spiro atoms. The van der Waals surface area contributed by atoms with E-state index in [9.17, 15) is 9.59 Å². The Bertz CT molecular complexity index is 636. The van der Waals surface area contributed by atoms with E-state index in [1.54, 1.807) is 18.4 Å². The number of thiophene rings is 1. The number of methoxy groups -OCH3 is 1. The van der Waals surface area contributed by atoms with Crippen molar-refractivity contribution in [3.05, 3.63) is 21.9 Å². The summed E-state index contributed by atoms with van der Waals surface area (Å²) in [6.07, 6.45) is 2.67. The minimum atomic E-state index is -0.108. The predicted octanol–water partition coefficient (Wildman–Crippen LogP) is 1.29. The van der Waals surface area contributed by atoms with Gasteiger partial charge >= 0.3 is 6.03 Å². The van der Waals surface area contributed by atoms with E-state index >= 15 is 0 Å². The number of amides is 3. The second kappa shape index (κ2) is 10.1. The molecule has 0 aliphatic carbocycles. The number of nitrogens with one attached hydrogen (secondary N) is 2. The fraction of sp³-hybridized carbons (Fsp3) is 0.684. The van der Waals surface area contributed by atoms with Crippen LogP contribution in [0.25, 0.3) is 0 Å². The third-order valence-electron chi connectivity index (χ3n) is 5.22. The summed E-state index contributed by atoms with van der Waals surface area (Å²) in [6, 6.07) is 2.19. The maximum atomic E-state index is 12.9. The molecule has 1 aromatic heterocycles. The van der Waals surface area contributed by atoms with Gasteiger partial charge in [0.1, 0.15) is 0 Å². The lowest BCUT2D eigenvalue weighted by Crippen LogP contribution is -2.51. The molecule has 3 heterocycles. The summed E-state index contributed by atoms with van der Waals surface area (Å²) in [5, 5.41) is 8.30. The molecule has 1 aromatic rings. The molecule has 2 aliphatic rings. The number of carbonyl (C=O) groups is 2. The van der Waals surface area contributed by atoms with Crippen LogP contribution < -0.4 is 10.6 Å². The summed E-state index contributed by atoms with van der Waals surface area (Å²) in [5.74, 6) is -0.0528. The van der Waals surface area contributed by atoms with E-state index in [2.05, 4.69) is 22.1 Å². The van der Waals surface area contributed by atoms with Gasteiger partial charge in [-0.2, -0.15) is 0 Å². The van der Waals surface area contributed by atoms with E-state index in [4.69, 9.17) is 4.74 Å². The summed E-state index contributed by atoms with van der Waals surface area (Å²) in [6.45, 7) is 5.49. The molecular formula is C19H30N4O3S. The monoisotopic (exact) mass is 394 g/mol. The Kier molecular flexibility index (Phi) is 7.49. The molecule has 1 saturated heterocycles. The van der Waals surface area contributed by atoms with Crippen molar-refractivity contribution in [2.75, 3.05) is 53.0 Å². The molecular weight excluding hydrogens is 364 g/mol. The summed E-state index contributed by atoms with van der Waals surface area (Å²) in [7, 11) is 1.67. The molecule has 0 radical (unpaired) electrons. The van der Waals surface area contributed by atoms with Gasteiger partial charge in [-0.25, -0.2) is 4.79 Å². The van der Waals surface area contributed by atoms with Crippen LogP contribution in [0.1, 0.15) is 23.3 Å². The Balaban J connectivity index is 1.43. The topological polar surface area (TPSA) is 73.9 Å². The molecule has 0 aromatic carbocycles. The molecule has 27 heavy (non-hydrogen) atoms. The van der Waals surface area contributed by atoms with Gasteiger partial charge in [0, 0.05) is 57.8 Å². The first-order valence-electron chi connectivity index (χ1n) is 9.75. The first kappa shape index (κ1) is 20.1. The standard InChI is InChI=1S/C19H30N4O3S/c1-26-11-8-20-6-7-21-18(24)16-3-2-9-22(14-16)19(25)23-10-4-17-15(13-23)5-12-27-17/h5,12,16,20H,2-4,6-11,13-14H2,1H3,(H,21,24). The van der Waals surface area contributed by atoms with Gasteiger partial charge in [-0.3, -0.25) is 4.79 Å². The molecule has 2 N–H and O–H groups in total. The van der Waals surface area contributed by atoms with Gasteiger partial charge in [0.25, 0.3) is 0 Å². The number of urea groups is 1. The normalized spacial score (nSPS) is 19.7. The largest absolute Gasteiger partial charge is 0.383 e. The van der Waals surface area contributed by atoms with E-state index in [0.717, 1.165) is 45.4 Å². The lowest BCUT2D eigenvalue weighted by Gasteiger charge is -2.37. The molecule has 8 heteroatoms. The van der Waals surface area contributed by atoms with Crippen LogP contribution in [-0.2, 0) is 22.5 Å². The Morgan fingerprint density at radius 1 is 1.26 bits per heavy atom. The predicted molar refractivity (Wildman–Crippen MR) is 106 cm³/mol. The smallest absolute Gasteiger partial charge is 0.320 e. The number of piperidine rings is 1. The highest BCUT2D eigenvalue weighted by molar-refractivity contribution is 7.10. The number of likely N-dealkylation sites (tertiary alicyclic amines) is 1. The van der Waals surface area contributed by atoms with E-state index in [-0.39, 0.29) is 17.9 Å². The van der Waals surface area contributed by atoms with E-state index in [0.29, 0.717) is 26.2 Å². The lowest BCUT2D eigenvalue weighted by atomic mass is 9.97. The van der Waals surface area contributed by atoms with Gasteiger partial charge in [0.2, 0.25) is 5.91 Å². The van der Waals surface area contributed by atoms with E-state index in [1.165, 1.54) is 10.4 Å². The number of rotatable bonds is 7. The van der Waals surface area contributed by atoms with Crippen LogP contribution in [0.4, 0.5) is 4.79 Å². The fourth-order valence-corrected chi connectivity index (χ4v) is 4.58. The van der Waals surface area contributed by atoms with Crippen molar-refractivity contribution in [2.24, 2.45) is 5.92 Å². The molecule has 7 nitrogen and oxygen atoms in total. The number of hydrogen-bond donors (Lipinski definition) is 2. The lowest BCUT2D eigenvalue weighted by molar-refractivity contribution is -0.126. The second-order valence-corrected chi connectivity index (χ2v) is 8.14. The molecule has 150 valence electrons. The quantitative estimate of drug-likeness (QED) is 0.684. The molecule has 0 saturated carbocycles. The fourth-order valence-electron chi connectivity index (χ4n) is 3.69. The Morgan fingerprint density at radius 3 is 3.00 bits per heavy atom. The highest BCUT2D eigenvalue weighted by Crippen LogP contribution is 2.26. The molecule has 1 unspecified atom stereocenters. The average molecular weight is 395 g/mol. The molecule has 3 amide bonds. The Labute approximate surface area is 165 Å². The van der Waals surface area contributed by atoms with Crippen molar-refractivity contribution in [1.82, 2.24) is 20.4 Å². The third-order valence-corrected chi connectivity index (χ3v) is 6.25. The van der Waals surface area contributed by atoms with Crippen LogP contribution in [-0.4, -0.2) is 74.7 Å². The number of hydrogen-bond acceptors (Lipinski definition) is 5. The van der Waals surface area contributed by atoms with Gasteiger partial charge in [-0.15, -0.1) is 11.3 Å². The second-order valence-electron chi connectivity index (χ2n) is 7.14. The van der Waals surface area contributed by atoms with Crippen molar-refractivity contribution in [3.63, 3.8) is 0 Å². The van der Waals surface area contributed by atoms with Crippen LogP contribution in [0.2, 0.25) is 0 Å². The van der Waals surface area contributed by atoms with Crippen LogP contribution in [0.3, 0.4) is 0 Å². The van der Waals surface area contributed by atoms with Crippen LogP contribution in [0.15, 0.2) is 11.4 Å². The number of nitrogens with zero attached hydrogens (tertiary/aromatic N) is 2. The van der Waals surface area contributed by atoms with Crippen molar-refractivity contribution >= 4 is 23.3 Å². The van der Waals surface area contributed by atoms with Crippen molar-refractivity contribution in [2.45, 2.75) is 25.8 Å². The maximum Gasteiger partial charge on any atom is 0.320 e. The zero-order chi connectivity index (χ0) is 19.1. The van der Waals surface area contributed by atoms with E-state index < -0.39 is 0 Å². The van der Waals surface area contributed by atoms with Gasteiger partial charge in [-0.05, 0) is 36.3 Å². The first-order chi connectivity index (χ1) is 13.2. The number of ether oxygens (including phenoxy) is 1. The number of fused-ring (bicyclic) bond motifs is 1. The molecule has 3 rings (SSSR count). The first-order valence-corrected chi connectivity index (χ1v) is 10.6. The zero-order valence-electron chi connectivity index (χ0n) is 16.0. The highest BCUT2D eigenvalue weighted by atomic mass is 32.1. The van der Waals surface area contributed by atoms with Gasteiger partial charge in [0.15, 0.2) is 0 Å². The van der Waals surface area contributed by atoms with Crippen molar-refractivity contribution in [1.29, 1.82) is 0 Å². The summed E-state index contributed by atoms with van der Waals surface area (Å²) < 4.78 is 4.97.